The molecule has 0 amide bonds. The molecular formula is C9H8F2N2O. The zero-order valence-corrected chi connectivity index (χ0v) is 7.47. The van der Waals surface area contributed by atoms with E-state index in [1.54, 1.807) is 6.92 Å². The lowest BCUT2D eigenvalue weighted by Gasteiger charge is -1.93. The van der Waals surface area contributed by atoms with Crippen molar-refractivity contribution in [2.24, 2.45) is 0 Å². The van der Waals surface area contributed by atoms with Crippen molar-refractivity contribution < 1.29 is 13.5 Å². The molecule has 0 aliphatic rings. The number of halogens is 2. The Morgan fingerprint density at radius 1 is 1.43 bits per heavy atom. The summed E-state index contributed by atoms with van der Waals surface area (Å²) in [6, 6.07) is 2.67. The molecule has 1 heterocycles. The van der Waals surface area contributed by atoms with Gasteiger partial charge in [0.05, 0.1) is 12.1 Å². The van der Waals surface area contributed by atoms with Crippen molar-refractivity contribution in [2.75, 3.05) is 6.61 Å². The lowest BCUT2D eigenvalue weighted by Crippen LogP contribution is -1.92. The Hall–Kier alpha value is -1.65. The van der Waals surface area contributed by atoms with Crippen LogP contribution in [0.5, 0.6) is 6.01 Å². The number of imidazole rings is 1. The third-order valence-electron chi connectivity index (χ3n) is 1.81. The standard InChI is InChI=1S/C9H8F2N2O/c1-2-14-9-12-6-4-3-5(10)7(11)8(6)13-9/h3-4H,2H2,1H3,(H,12,13). The molecule has 0 unspecified atom stereocenters. The summed E-state index contributed by atoms with van der Waals surface area (Å²) < 4.78 is 30.9. The van der Waals surface area contributed by atoms with E-state index in [2.05, 4.69) is 9.97 Å². The molecular weight excluding hydrogens is 190 g/mol. The summed E-state index contributed by atoms with van der Waals surface area (Å²) in [4.78, 5) is 6.49. The molecule has 2 aromatic rings. The average Bonchev–Trinajstić information content (AvgIpc) is 2.56. The number of aromatic amines is 1. The Morgan fingerprint density at radius 3 is 2.93 bits per heavy atom. The van der Waals surface area contributed by atoms with Crippen LogP contribution < -0.4 is 4.74 Å². The van der Waals surface area contributed by atoms with Gasteiger partial charge in [-0.15, -0.1) is 0 Å². The van der Waals surface area contributed by atoms with Crippen LogP contribution in [-0.2, 0) is 0 Å². The second-order valence-corrected chi connectivity index (χ2v) is 2.73. The molecule has 5 heteroatoms. The number of nitrogens with zero attached hydrogens (tertiary/aromatic N) is 1. The molecule has 1 aromatic carbocycles. The maximum atomic E-state index is 13.1. The van der Waals surface area contributed by atoms with Crippen LogP contribution in [0.4, 0.5) is 8.78 Å². The fourth-order valence-electron chi connectivity index (χ4n) is 1.20. The topological polar surface area (TPSA) is 37.9 Å². The van der Waals surface area contributed by atoms with Gasteiger partial charge >= 0.3 is 0 Å². The van der Waals surface area contributed by atoms with Crippen molar-refractivity contribution in [3.63, 3.8) is 0 Å². The van der Waals surface area contributed by atoms with E-state index >= 15 is 0 Å². The lowest BCUT2D eigenvalue weighted by atomic mass is 10.3. The Kier molecular flexibility index (Phi) is 2.07. The first-order valence-corrected chi connectivity index (χ1v) is 4.19. The van der Waals surface area contributed by atoms with Crippen LogP contribution >= 0.6 is 0 Å². The number of H-pyrrole nitrogens is 1. The second-order valence-electron chi connectivity index (χ2n) is 2.73. The summed E-state index contributed by atoms with van der Waals surface area (Å²) in [5.41, 5.74) is 0.390. The largest absolute Gasteiger partial charge is 0.465 e. The summed E-state index contributed by atoms with van der Waals surface area (Å²) in [5, 5.41) is 0. The first-order valence-electron chi connectivity index (χ1n) is 4.19. The van der Waals surface area contributed by atoms with E-state index in [-0.39, 0.29) is 11.5 Å². The molecule has 1 aromatic heterocycles. The zero-order chi connectivity index (χ0) is 10.1. The van der Waals surface area contributed by atoms with Crippen molar-refractivity contribution in [3.05, 3.63) is 23.8 Å². The fourth-order valence-corrected chi connectivity index (χ4v) is 1.20. The van der Waals surface area contributed by atoms with Crippen LogP contribution in [0.25, 0.3) is 11.0 Å². The van der Waals surface area contributed by atoms with Gasteiger partial charge < -0.3 is 9.72 Å². The number of ether oxygens (including phenoxy) is 1. The van der Waals surface area contributed by atoms with Gasteiger partial charge in [-0.3, -0.25) is 0 Å². The van der Waals surface area contributed by atoms with Gasteiger partial charge in [0.1, 0.15) is 5.52 Å². The molecule has 0 spiro atoms. The highest BCUT2D eigenvalue weighted by molar-refractivity contribution is 5.76. The minimum absolute atomic E-state index is 0.0338. The summed E-state index contributed by atoms with van der Waals surface area (Å²) in [6.45, 7) is 2.20. The molecule has 2 rings (SSSR count). The molecule has 0 fully saturated rings. The third kappa shape index (κ3) is 1.30. The molecule has 0 aliphatic heterocycles. The number of fused-ring (bicyclic) bond motifs is 1. The number of hydrogen-bond acceptors (Lipinski definition) is 2. The fraction of sp³-hybridized carbons (Fsp3) is 0.222. The van der Waals surface area contributed by atoms with Crippen molar-refractivity contribution in [2.45, 2.75) is 6.92 Å². The van der Waals surface area contributed by atoms with E-state index in [0.29, 0.717) is 12.1 Å². The number of benzene rings is 1. The highest BCUT2D eigenvalue weighted by Gasteiger charge is 2.11. The average molecular weight is 198 g/mol. The molecule has 3 nitrogen and oxygen atoms in total. The van der Waals surface area contributed by atoms with Crippen molar-refractivity contribution in [3.8, 4) is 6.01 Å². The van der Waals surface area contributed by atoms with Crippen LogP contribution in [0.3, 0.4) is 0 Å². The van der Waals surface area contributed by atoms with Gasteiger partial charge in [-0.25, -0.2) is 8.78 Å². The van der Waals surface area contributed by atoms with Gasteiger partial charge in [0, 0.05) is 0 Å². The summed E-state index contributed by atoms with van der Waals surface area (Å²) >= 11 is 0. The van der Waals surface area contributed by atoms with Gasteiger partial charge in [0.2, 0.25) is 0 Å². The number of rotatable bonds is 2. The molecule has 0 aliphatic carbocycles. The summed E-state index contributed by atoms with van der Waals surface area (Å²) in [5.74, 6) is -1.86. The zero-order valence-electron chi connectivity index (χ0n) is 7.47. The maximum absolute atomic E-state index is 13.1. The molecule has 0 bridgehead atoms. The number of aromatic nitrogens is 2. The SMILES string of the molecule is CCOc1nc2c(F)c(F)ccc2[nH]1. The smallest absolute Gasteiger partial charge is 0.294 e. The molecule has 0 saturated heterocycles. The van der Waals surface area contributed by atoms with E-state index < -0.39 is 11.6 Å². The number of hydrogen-bond donors (Lipinski definition) is 1. The molecule has 1 N–H and O–H groups in total. The Balaban J connectivity index is 2.59. The summed E-state index contributed by atoms with van der Waals surface area (Å²) in [7, 11) is 0. The monoisotopic (exact) mass is 198 g/mol. The van der Waals surface area contributed by atoms with Crippen molar-refractivity contribution >= 4 is 11.0 Å². The normalized spacial score (nSPS) is 10.8. The van der Waals surface area contributed by atoms with Crippen LogP contribution in [-0.4, -0.2) is 16.6 Å². The molecule has 74 valence electrons. The lowest BCUT2D eigenvalue weighted by molar-refractivity contribution is 0.317. The maximum Gasteiger partial charge on any atom is 0.294 e. The Labute approximate surface area is 78.7 Å². The number of nitrogens with one attached hydrogen (secondary N) is 1. The second kappa shape index (κ2) is 3.25. The minimum Gasteiger partial charge on any atom is -0.465 e. The predicted octanol–water partition coefficient (Wildman–Crippen LogP) is 2.24. The van der Waals surface area contributed by atoms with Gasteiger partial charge in [-0.05, 0) is 19.1 Å². The molecule has 0 saturated carbocycles. The highest BCUT2D eigenvalue weighted by atomic mass is 19.2. The first-order chi connectivity index (χ1) is 6.72. The van der Waals surface area contributed by atoms with Gasteiger partial charge in [-0.1, -0.05) is 0 Å². The Bertz CT molecular complexity index is 467. The van der Waals surface area contributed by atoms with Crippen LogP contribution in [0.1, 0.15) is 6.92 Å². The third-order valence-corrected chi connectivity index (χ3v) is 1.81. The molecule has 0 radical (unpaired) electrons. The van der Waals surface area contributed by atoms with Gasteiger partial charge in [0.15, 0.2) is 11.6 Å². The van der Waals surface area contributed by atoms with Gasteiger partial charge in [0.25, 0.3) is 6.01 Å². The van der Waals surface area contributed by atoms with E-state index in [4.69, 9.17) is 4.74 Å². The van der Waals surface area contributed by atoms with Crippen LogP contribution in [0, 0.1) is 11.6 Å². The van der Waals surface area contributed by atoms with E-state index in [9.17, 15) is 8.78 Å². The van der Waals surface area contributed by atoms with E-state index in [1.807, 2.05) is 0 Å². The minimum atomic E-state index is -0.954. The van der Waals surface area contributed by atoms with E-state index in [0.717, 1.165) is 6.07 Å². The predicted molar refractivity (Wildman–Crippen MR) is 47.2 cm³/mol. The quantitative estimate of drug-likeness (QED) is 0.803. The van der Waals surface area contributed by atoms with Crippen molar-refractivity contribution in [1.82, 2.24) is 9.97 Å². The van der Waals surface area contributed by atoms with Gasteiger partial charge in [-0.2, -0.15) is 4.98 Å². The van der Waals surface area contributed by atoms with Crippen LogP contribution in [0.15, 0.2) is 12.1 Å². The molecule has 14 heavy (non-hydrogen) atoms. The van der Waals surface area contributed by atoms with Crippen LogP contribution in [0.2, 0.25) is 0 Å². The van der Waals surface area contributed by atoms with E-state index in [1.165, 1.54) is 6.07 Å². The summed E-state index contributed by atoms with van der Waals surface area (Å²) in [6.07, 6.45) is 0. The van der Waals surface area contributed by atoms with Crippen molar-refractivity contribution in [1.29, 1.82) is 0 Å². The Morgan fingerprint density at radius 2 is 2.21 bits per heavy atom. The highest BCUT2D eigenvalue weighted by Crippen LogP contribution is 2.20. The first kappa shape index (κ1) is 8.93. The molecule has 0 atom stereocenters.